The van der Waals surface area contributed by atoms with Gasteiger partial charge in [0.15, 0.2) is 0 Å². The Morgan fingerprint density at radius 1 is 1.44 bits per heavy atom. The quantitative estimate of drug-likeness (QED) is 0.910. The number of carboxylic acids is 1. The molecule has 0 aliphatic heterocycles. The summed E-state index contributed by atoms with van der Waals surface area (Å²) in [4.78, 5) is 25.9. The van der Waals surface area contributed by atoms with Gasteiger partial charge in [-0.2, -0.15) is 0 Å². The molecule has 1 aromatic rings. The molecule has 0 spiro atoms. The van der Waals surface area contributed by atoms with E-state index in [1.165, 1.54) is 0 Å². The van der Waals surface area contributed by atoms with Crippen molar-refractivity contribution in [2.24, 2.45) is 11.8 Å². The number of rotatable bonds is 4. The van der Waals surface area contributed by atoms with Crippen molar-refractivity contribution in [1.29, 1.82) is 0 Å². The van der Waals surface area contributed by atoms with Gasteiger partial charge >= 0.3 is 5.97 Å². The number of carbonyl (C=O) groups is 2. The highest BCUT2D eigenvalue weighted by Crippen LogP contribution is 2.32. The molecule has 18 heavy (non-hydrogen) atoms. The van der Waals surface area contributed by atoms with Crippen molar-refractivity contribution in [3.8, 4) is 0 Å². The van der Waals surface area contributed by atoms with Gasteiger partial charge in [0.05, 0.1) is 12.5 Å². The van der Waals surface area contributed by atoms with Crippen LogP contribution in [0, 0.1) is 11.8 Å². The number of nitrogens with zero attached hydrogens (tertiary/aromatic N) is 1. The van der Waals surface area contributed by atoms with Gasteiger partial charge in [-0.3, -0.25) is 9.59 Å². The topological polar surface area (TPSA) is 57.6 Å². The lowest BCUT2D eigenvalue weighted by Crippen LogP contribution is -2.31. The van der Waals surface area contributed by atoms with Crippen molar-refractivity contribution >= 4 is 23.2 Å². The SMILES string of the molecule is CN(Cc1cccs1)C(=O)[C@@H]1CC[C@H](C(=O)O)C1. The second-order valence-corrected chi connectivity index (χ2v) is 5.85. The molecular weight excluding hydrogens is 250 g/mol. The van der Waals surface area contributed by atoms with Crippen molar-refractivity contribution in [3.63, 3.8) is 0 Å². The Bertz CT molecular complexity index is 429. The zero-order valence-corrected chi connectivity index (χ0v) is 11.2. The van der Waals surface area contributed by atoms with Gasteiger partial charge in [-0.15, -0.1) is 11.3 Å². The summed E-state index contributed by atoms with van der Waals surface area (Å²) in [6.07, 6.45) is 1.81. The van der Waals surface area contributed by atoms with Crippen LogP contribution in [0.5, 0.6) is 0 Å². The lowest BCUT2D eigenvalue weighted by atomic mass is 10.0. The van der Waals surface area contributed by atoms with Gasteiger partial charge in [-0.1, -0.05) is 6.07 Å². The first-order chi connectivity index (χ1) is 8.58. The first kappa shape index (κ1) is 13.1. The predicted octanol–water partition coefficient (Wildman–Crippen LogP) is 2.21. The molecule has 1 aromatic heterocycles. The molecule has 1 N–H and O–H groups in total. The van der Waals surface area contributed by atoms with E-state index in [1.54, 1.807) is 23.3 Å². The molecule has 98 valence electrons. The van der Waals surface area contributed by atoms with Crippen LogP contribution in [0.15, 0.2) is 17.5 Å². The minimum Gasteiger partial charge on any atom is -0.481 e. The zero-order valence-electron chi connectivity index (χ0n) is 10.3. The molecule has 0 aromatic carbocycles. The van der Waals surface area contributed by atoms with Gasteiger partial charge in [0, 0.05) is 17.8 Å². The molecule has 0 bridgehead atoms. The van der Waals surface area contributed by atoms with E-state index in [0.717, 1.165) is 4.88 Å². The first-order valence-corrected chi connectivity index (χ1v) is 6.96. The van der Waals surface area contributed by atoms with E-state index < -0.39 is 5.97 Å². The van der Waals surface area contributed by atoms with Crippen LogP contribution in [0.25, 0.3) is 0 Å². The molecule has 1 aliphatic carbocycles. The summed E-state index contributed by atoms with van der Waals surface area (Å²) < 4.78 is 0. The maximum atomic E-state index is 12.2. The van der Waals surface area contributed by atoms with Crippen molar-refractivity contribution in [2.45, 2.75) is 25.8 Å². The second kappa shape index (κ2) is 5.52. The third-order valence-electron chi connectivity index (χ3n) is 3.48. The summed E-state index contributed by atoms with van der Waals surface area (Å²) in [5.41, 5.74) is 0. The molecule has 1 saturated carbocycles. The summed E-state index contributed by atoms with van der Waals surface area (Å²) in [5.74, 6) is -1.15. The van der Waals surface area contributed by atoms with Crippen LogP contribution in [0.4, 0.5) is 0 Å². The van der Waals surface area contributed by atoms with E-state index in [9.17, 15) is 9.59 Å². The summed E-state index contributed by atoms with van der Waals surface area (Å²) in [6, 6.07) is 3.97. The Morgan fingerprint density at radius 2 is 2.17 bits per heavy atom. The van der Waals surface area contributed by atoms with E-state index in [1.807, 2.05) is 17.5 Å². The van der Waals surface area contributed by atoms with Gasteiger partial charge in [0.1, 0.15) is 0 Å². The van der Waals surface area contributed by atoms with Gasteiger partial charge in [0.2, 0.25) is 5.91 Å². The average Bonchev–Trinajstić information content (AvgIpc) is 2.98. The highest BCUT2D eigenvalue weighted by atomic mass is 32.1. The fraction of sp³-hybridized carbons (Fsp3) is 0.538. The van der Waals surface area contributed by atoms with Crippen LogP contribution in [0.3, 0.4) is 0 Å². The fourth-order valence-electron chi connectivity index (χ4n) is 2.46. The Kier molecular flexibility index (Phi) is 4.01. The Labute approximate surface area is 110 Å². The Balaban J connectivity index is 1.90. The minimum atomic E-state index is -0.772. The van der Waals surface area contributed by atoms with E-state index in [0.29, 0.717) is 25.8 Å². The van der Waals surface area contributed by atoms with Crippen LogP contribution in [-0.4, -0.2) is 28.9 Å². The van der Waals surface area contributed by atoms with E-state index in [2.05, 4.69) is 0 Å². The van der Waals surface area contributed by atoms with Gasteiger partial charge in [-0.05, 0) is 30.7 Å². The van der Waals surface area contributed by atoms with Crippen molar-refractivity contribution < 1.29 is 14.7 Å². The minimum absolute atomic E-state index is 0.0761. The normalized spacial score (nSPS) is 22.9. The summed E-state index contributed by atoms with van der Waals surface area (Å²) in [5, 5.41) is 10.9. The summed E-state index contributed by atoms with van der Waals surface area (Å²) >= 11 is 1.63. The molecule has 0 radical (unpaired) electrons. The molecule has 1 aliphatic rings. The fourth-order valence-corrected chi connectivity index (χ4v) is 3.21. The van der Waals surface area contributed by atoms with Gasteiger partial charge in [0.25, 0.3) is 0 Å². The van der Waals surface area contributed by atoms with Gasteiger partial charge in [-0.25, -0.2) is 0 Å². The standard InChI is InChI=1S/C13H17NO3S/c1-14(8-11-3-2-6-18-11)12(15)9-4-5-10(7-9)13(16)17/h2-3,6,9-10H,4-5,7-8H2,1H3,(H,16,17)/t9-,10+/m1/s1. The molecule has 4 nitrogen and oxygen atoms in total. The molecular formula is C13H17NO3S. The lowest BCUT2D eigenvalue weighted by molar-refractivity contribution is -0.141. The average molecular weight is 267 g/mol. The number of amides is 1. The molecule has 1 fully saturated rings. The number of carbonyl (C=O) groups excluding carboxylic acids is 1. The number of aliphatic carboxylic acids is 1. The summed E-state index contributed by atoms with van der Waals surface area (Å²) in [7, 11) is 1.79. The van der Waals surface area contributed by atoms with Crippen molar-refractivity contribution in [2.75, 3.05) is 7.05 Å². The van der Waals surface area contributed by atoms with E-state index >= 15 is 0 Å². The third-order valence-corrected chi connectivity index (χ3v) is 4.34. The molecule has 1 heterocycles. The Morgan fingerprint density at radius 3 is 2.72 bits per heavy atom. The highest BCUT2D eigenvalue weighted by molar-refractivity contribution is 7.09. The van der Waals surface area contributed by atoms with Crippen LogP contribution >= 0.6 is 11.3 Å². The Hall–Kier alpha value is -1.36. The van der Waals surface area contributed by atoms with Crippen LogP contribution in [0.1, 0.15) is 24.1 Å². The van der Waals surface area contributed by atoms with Crippen LogP contribution < -0.4 is 0 Å². The summed E-state index contributed by atoms with van der Waals surface area (Å²) in [6.45, 7) is 0.616. The van der Waals surface area contributed by atoms with E-state index in [-0.39, 0.29) is 17.7 Å². The predicted molar refractivity (Wildman–Crippen MR) is 69.3 cm³/mol. The maximum absolute atomic E-state index is 12.2. The molecule has 0 saturated heterocycles. The lowest BCUT2D eigenvalue weighted by Gasteiger charge is -2.20. The molecule has 0 unspecified atom stereocenters. The number of hydrogen-bond acceptors (Lipinski definition) is 3. The van der Waals surface area contributed by atoms with Crippen molar-refractivity contribution in [3.05, 3.63) is 22.4 Å². The van der Waals surface area contributed by atoms with E-state index in [4.69, 9.17) is 5.11 Å². The molecule has 2 atom stereocenters. The monoisotopic (exact) mass is 267 g/mol. The molecule has 1 amide bonds. The second-order valence-electron chi connectivity index (χ2n) is 4.82. The first-order valence-electron chi connectivity index (χ1n) is 6.08. The number of carboxylic acid groups (broad SMARTS) is 1. The molecule has 5 heteroatoms. The zero-order chi connectivity index (χ0) is 13.1. The van der Waals surface area contributed by atoms with Crippen LogP contribution in [0.2, 0.25) is 0 Å². The maximum Gasteiger partial charge on any atom is 0.306 e. The number of thiophene rings is 1. The number of hydrogen-bond donors (Lipinski definition) is 1. The molecule has 2 rings (SSSR count). The smallest absolute Gasteiger partial charge is 0.306 e. The third kappa shape index (κ3) is 2.90. The highest BCUT2D eigenvalue weighted by Gasteiger charge is 2.35. The van der Waals surface area contributed by atoms with Crippen molar-refractivity contribution in [1.82, 2.24) is 4.90 Å². The van der Waals surface area contributed by atoms with Gasteiger partial charge < -0.3 is 10.0 Å². The largest absolute Gasteiger partial charge is 0.481 e. The van der Waals surface area contributed by atoms with Crippen LogP contribution in [-0.2, 0) is 16.1 Å².